The van der Waals surface area contributed by atoms with Crippen molar-refractivity contribution in [3.63, 3.8) is 0 Å². The summed E-state index contributed by atoms with van der Waals surface area (Å²) >= 11 is 0. The Morgan fingerprint density at radius 3 is 2.50 bits per heavy atom. The number of methoxy groups -OCH3 is 1. The molecule has 0 saturated heterocycles. The summed E-state index contributed by atoms with van der Waals surface area (Å²) in [7, 11) is 1.49. The Morgan fingerprint density at radius 1 is 1.04 bits per heavy atom. The molecule has 3 heteroatoms. The van der Waals surface area contributed by atoms with Crippen LogP contribution in [0, 0.1) is 40.4 Å². The minimum atomic E-state index is -0.131. The van der Waals surface area contributed by atoms with Gasteiger partial charge in [0.05, 0.1) is 7.11 Å². The maximum Gasteiger partial charge on any atom is 0.333 e. The number of carbonyl (C=O) groups excluding carboxylic acids is 2. The van der Waals surface area contributed by atoms with Crippen LogP contribution in [0.15, 0.2) is 11.6 Å². The third-order valence-corrected chi connectivity index (χ3v) is 9.61. The summed E-state index contributed by atoms with van der Waals surface area (Å²) in [6, 6.07) is 0. The Labute approximate surface area is 170 Å². The van der Waals surface area contributed by atoms with Crippen LogP contribution in [0.5, 0.6) is 0 Å². The van der Waals surface area contributed by atoms with Crippen LogP contribution in [0.3, 0.4) is 0 Å². The standard InChI is InChI=1S/C25H38O3/c1-5-6-22(26)21-10-9-19-18-8-7-17-15-16(23(27)28-4)11-13-24(17,2)20(18)12-14-25(19,21)3/h15,17-21H,5-14H2,1-4H3/t17-,18-,19-,20-,21+,24-,25-/m0/s1. The molecule has 0 amide bonds. The van der Waals surface area contributed by atoms with Crippen molar-refractivity contribution in [1.29, 1.82) is 0 Å². The summed E-state index contributed by atoms with van der Waals surface area (Å²) in [4.78, 5) is 24.9. The largest absolute Gasteiger partial charge is 0.466 e. The van der Waals surface area contributed by atoms with Gasteiger partial charge < -0.3 is 4.74 Å². The van der Waals surface area contributed by atoms with Gasteiger partial charge in [-0.15, -0.1) is 0 Å². The first-order valence-electron chi connectivity index (χ1n) is 11.7. The van der Waals surface area contributed by atoms with Crippen LogP contribution in [0.25, 0.3) is 0 Å². The predicted octanol–water partition coefficient (Wildman–Crippen LogP) is 5.72. The quantitative estimate of drug-likeness (QED) is 0.580. The van der Waals surface area contributed by atoms with Crippen LogP contribution >= 0.6 is 0 Å². The molecule has 4 rings (SSSR count). The molecule has 3 nitrogen and oxygen atoms in total. The molecular weight excluding hydrogens is 348 g/mol. The van der Waals surface area contributed by atoms with E-state index in [2.05, 4.69) is 26.8 Å². The molecule has 7 atom stereocenters. The topological polar surface area (TPSA) is 43.4 Å². The zero-order valence-electron chi connectivity index (χ0n) is 18.3. The number of carbonyl (C=O) groups is 2. The molecule has 4 aliphatic rings. The Morgan fingerprint density at radius 2 is 1.79 bits per heavy atom. The third-order valence-electron chi connectivity index (χ3n) is 9.61. The molecule has 3 fully saturated rings. The Balaban J connectivity index is 1.57. The molecule has 0 aromatic rings. The molecule has 0 aromatic carbocycles. The van der Waals surface area contributed by atoms with Crippen molar-refractivity contribution in [1.82, 2.24) is 0 Å². The molecule has 0 aromatic heterocycles. The van der Waals surface area contributed by atoms with Gasteiger partial charge in [-0.3, -0.25) is 4.79 Å². The smallest absolute Gasteiger partial charge is 0.333 e. The van der Waals surface area contributed by atoms with Gasteiger partial charge in [0.2, 0.25) is 0 Å². The lowest BCUT2D eigenvalue weighted by Gasteiger charge is -2.59. The van der Waals surface area contributed by atoms with Gasteiger partial charge in [0.1, 0.15) is 5.78 Å². The molecule has 3 saturated carbocycles. The number of hydrogen-bond donors (Lipinski definition) is 0. The highest BCUT2D eigenvalue weighted by atomic mass is 16.5. The minimum Gasteiger partial charge on any atom is -0.466 e. The number of ether oxygens (including phenoxy) is 1. The summed E-state index contributed by atoms with van der Waals surface area (Å²) in [6.45, 7) is 7.07. The molecule has 0 unspecified atom stereocenters. The number of esters is 1. The number of hydrogen-bond acceptors (Lipinski definition) is 3. The van der Waals surface area contributed by atoms with E-state index in [0.717, 1.165) is 55.4 Å². The summed E-state index contributed by atoms with van der Waals surface area (Å²) in [5.74, 6) is 3.47. The van der Waals surface area contributed by atoms with Gasteiger partial charge in [-0.25, -0.2) is 4.79 Å². The summed E-state index contributed by atoms with van der Waals surface area (Å²) < 4.78 is 4.99. The van der Waals surface area contributed by atoms with E-state index < -0.39 is 0 Å². The molecule has 0 aliphatic heterocycles. The summed E-state index contributed by atoms with van der Waals surface area (Å²) in [5, 5.41) is 0. The first kappa shape index (κ1) is 20.2. The monoisotopic (exact) mass is 386 g/mol. The van der Waals surface area contributed by atoms with Gasteiger partial charge >= 0.3 is 5.97 Å². The molecular formula is C25H38O3. The van der Waals surface area contributed by atoms with Crippen molar-refractivity contribution < 1.29 is 14.3 Å². The number of Topliss-reactive ketones (excluding diaryl/α,β-unsaturated/α-hetero) is 1. The Hall–Kier alpha value is -1.12. The number of rotatable bonds is 4. The van der Waals surface area contributed by atoms with Crippen molar-refractivity contribution in [2.75, 3.05) is 7.11 Å². The van der Waals surface area contributed by atoms with E-state index >= 15 is 0 Å². The van der Waals surface area contributed by atoms with Crippen LogP contribution in [0.4, 0.5) is 0 Å². The van der Waals surface area contributed by atoms with E-state index in [1.165, 1.54) is 39.2 Å². The average Bonchev–Trinajstić information content (AvgIpc) is 3.04. The molecule has 0 radical (unpaired) electrons. The normalized spacial score (nSPS) is 44.7. The second kappa shape index (κ2) is 7.29. The SMILES string of the molecule is CCCC(=O)[C@H]1CC[C@H]2[C@@H]3CC[C@H]4C=C(C(=O)OC)CC[C@]4(C)[C@H]3CC[C@]12C. The van der Waals surface area contributed by atoms with Crippen LogP contribution in [-0.2, 0) is 14.3 Å². The van der Waals surface area contributed by atoms with E-state index in [1.807, 2.05) is 0 Å². The van der Waals surface area contributed by atoms with E-state index in [0.29, 0.717) is 23.0 Å². The second-order valence-corrected chi connectivity index (χ2v) is 10.6. The first-order valence-corrected chi connectivity index (χ1v) is 11.7. The lowest BCUT2D eigenvalue weighted by Crippen LogP contribution is -2.53. The lowest BCUT2D eigenvalue weighted by atomic mass is 9.45. The highest BCUT2D eigenvalue weighted by molar-refractivity contribution is 5.88. The second-order valence-electron chi connectivity index (χ2n) is 10.6. The molecule has 4 aliphatic carbocycles. The van der Waals surface area contributed by atoms with Crippen molar-refractivity contribution in [3.05, 3.63) is 11.6 Å². The van der Waals surface area contributed by atoms with E-state index in [-0.39, 0.29) is 11.4 Å². The first-order chi connectivity index (χ1) is 13.3. The number of ketones is 1. The Bertz CT molecular complexity index is 679. The van der Waals surface area contributed by atoms with Gasteiger partial charge in [0.15, 0.2) is 0 Å². The fourth-order valence-corrected chi connectivity index (χ4v) is 8.11. The third kappa shape index (κ3) is 2.91. The van der Waals surface area contributed by atoms with Crippen LogP contribution in [-0.4, -0.2) is 18.9 Å². The van der Waals surface area contributed by atoms with Gasteiger partial charge in [0, 0.05) is 17.9 Å². The summed E-state index contributed by atoms with van der Waals surface area (Å²) in [6.07, 6.45) is 13.3. The van der Waals surface area contributed by atoms with Crippen molar-refractivity contribution in [2.45, 2.75) is 85.0 Å². The fraction of sp³-hybridized carbons (Fsp3) is 0.840. The molecule has 0 N–H and O–H groups in total. The number of fused-ring (bicyclic) bond motifs is 5. The van der Waals surface area contributed by atoms with Crippen LogP contribution < -0.4 is 0 Å². The highest BCUT2D eigenvalue weighted by Gasteiger charge is 2.60. The minimum absolute atomic E-state index is 0.131. The lowest BCUT2D eigenvalue weighted by molar-refractivity contribution is -0.137. The van der Waals surface area contributed by atoms with Gasteiger partial charge in [-0.1, -0.05) is 26.8 Å². The van der Waals surface area contributed by atoms with E-state index in [4.69, 9.17) is 4.74 Å². The maximum absolute atomic E-state index is 12.8. The van der Waals surface area contributed by atoms with Gasteiger partial charge in [0.25, 0.3) is 0 Å². The Kier molecular flexibility index (Phi) is 5.25. The highest BCUT2D eigenvalue weighted by Crippen LogP contribution is 2.67. The predicted molar refractivity (Wildman–Crippen MR) is 111 cm³/mol. The molecule has 28 heavy (non-hydrogen) atoms. The zero-order valence-corrected chi connectivity index (χ0v) is 18.3. The molecule has 0 bridgehead atoms. The van der Waals surface area contributed by atoms with E-state index in [1.54, 1.807) is 0 Å². The average molecular weight is 387 g/mol. The van der Waals surface area contributed by atoms with E-state index in [9.17, 15) is 9.59 Å². The van der Waals surface area contributed by atoms with Gasteiger partial charge in [-0.2, -0.15) is 0 Å². The zero-order chi connectivity index (χ0) is 20.1. The van der Waals surface area contributed by atoms with Crippen LogP contribution in [0.1, 0.15) is 85.0 Å². The molecule has 0 spiro atoms. The van der Waals surface area contributed by atoms with Crippen LogP contribution in [0.2, 0.25) is 0 Å². The molecule has 156 valence electrons. The molecule has 0 heterocycles. The van der Waals surface area contributed by atoms with Crippen molar-refractivity contribution >= 4 is 11.8 Å². The maximum atomic E-state index is 12.8. The summed E-state index contributed by atoms with van der Waals surface area (Å²) in [5.41, 5.74) is 1.45. The van der Waals surface area contributed by atoms with Crippen molar-refractivity contribution in [3.8, 4) is 0 Å². The van der Waals surface area contributed by atoms with Crippen molar-refractivity contribution in [2.24, 2.45) is 40.4 Å². The number of allylic oxidation sites excluding steroid dienone is 1. The fourth-order valence-electron chi connectivity index (χ4n) is 8.11. The van der Waals surface area contributed by atoms with Gasteiger partial charge in [-0.05, 0) is 92.3 Å².